The Morgan fingerprint density at radius 2 is 0.606 bits per heavy atom. The van der Waals surface area contributed by atoms with Crippen LogP contribution in [0.2, 0.25) is 0 Å². The van der Waals surface area contributed by atoms with Crippen molar-refractivity contribution < 1.29 is 0 Å². The summed E-state index contributed by atoms with van der Waals surface area (Å²) in [4.78, 5) is 15.2. The van der Waals surface area contributed by atoms with E-state index >= 15 is 0 Å². The van der Waals surface area contributed by atoms with E-state index in [1.54, 1.807) is 0 Å². The molecule has 0 atom stereocenters. The summed E-state index contributed by atoms with van der Waals surface area (Å²) in [5.74, 6) is 1.89. The zero-order valence-electron chi connectivity index (χ0n) is 39.5. The summed E-state index contributed by atoms with van der Waals surface area (Å²) in [5.41, 5.74) is 20.0. The van der Waals surface area contributed by atoms with Crippen LogP contribution in [-0.2, 0) is 5.41 Å². The molecule has 0 amide bonds. The Morgan fingerprint density at radius 1 is 0.254 bits per heavy atom. The van der Waals surface area contributed by atoms with Crippen LogP contribution in [0.3, 0.4) is 0 Å². The Bertz CT molecular complexity index is 3970. The third kappa shape index (κ3) is 7.42. The number of hydrogen-bond acceptors (Lipinski definition) is 3. The predicted molar refractivity (Wildman–Crippen MR) is 296 cm³/mol. The molecule has 3 nitrogen and oxygen atoms in total. The third-order valence-electron chi connectivity index (χ3n) is 14.6. The predicted octanol–water partition coefficient (Wildman–Crippen LogP) is 17.8. The molecule has 3 heteroatoms. The van der Waals surface area contributed by atoms with Crippen LogP contribution in [0.25, 0.3) is 122 Å². The summed E-state index contributed by atoms with van der Waals surface area (Å²) < 4.78 is 0. The molecule has 1 aliphatic rings. The van der Waals surface area contributed by atoms with Crippen LogP contribution in [0.4, 0.5) is 0 Å². The lowest BCUT2D eigenvalue weighted by atomic mass is 9.81. The molecule has 0 fully saturated rings. The normalized spacial score (nSPS) is 12.5. The van der Waals surface area contributed by atoms with E-state index in [9.17, 15) is 0 Å². The van der Waals surface area contributed by atoms with E-state index < -0.39 is 0 Å². The second-order valence-corrected chi connectivity index (χ2v) is 19.1. The fourth-order valence-corrected chi connectivity index (χ4v) is 10.9. The van der Waals surface area contributed by atoms with Gasteiger partial charge in [0.1, 0.15) is 0 Å². The number of benzene rings is 11. The van der Waals surface area contributed by atoms with Gasteiger partial charge in [-0.2, -0.15) is 0 Å². The van der Waals surface area contributed by atoms with Gasteiger partial charge in [-0.3, -0.25) is 0 Å². The lowest BCUT2D eigenvalue weighted by molar-refractivity contribution is 0.660. The van der Waals surface area contributed by atoms with Crippen molar-refractivity contribution in [3.8, 4) is 101 Å². The highest BCUT2D eigenvalue weighted by Crippen LogP contribution is 2.50. The maximum atomic E-state index is 5.12. The highest BCUT2D eigenvalue weighted by Gasteiger charge is 2.35. The number of nitrogens with zero attached hydrogens (tertiary/aromatic N) is 3. The number of fused-ring (bicyclic) bond motifs is 5. The van der Waals surface area contributed by atoms with Gasteiger partial charge in [0.25, 0.3) is 0 Å². The molecule has 0 spiro atoms. The van der Waals surface area contributed by atoms with Crippen molar-refractivity contribution in [2.24, 2.45) is 0 Å². The molecule has 0 aliphatic heterocycles. The van der Waals surface area contributed by atoms with Gasteiger partial charge in [0, 0.05) is 22.1 Å². The zero-order valence-corrected chi connectivity index (χ0v) is 39.5. The quantitative estimate of drug-likeness (QED) is 0.152. The number of hydrogen-bond donors (Lipinski definition) is 0. The van der Waals surface area contributed by atoms with E-state index in [4.69, 9.17) is 15.0 Å². The summed E-state index contributed by atoms with van der Waals surface area (Å²) in [5, 5.41) is 4.82. The summed E-state index contributed by atoms with van der Waals surface area (Å²) in [6, 6.07) is 89.6. The van der Waals surface area contributed by atoms with Gasteiger partial charge in [0.2, 0.25) is 0 Å². The van der Waals surface area contributed by atoms with Crippen molar-refractivity contribution in [1.29, 1.82) is 0 Å². The van der Waals surface area contributed by atoms with E-state index in [1.807, 2.05) is 24.3 Å². The van der Waals surface area contributed by atoms with Gasteiger partial charge in [-0.15, -0.1) is 0 Å². The van der Waals surface area contributed by atoms with Crippen LogP contribution in [-0.4, -0.2) is 15.0 Å². The largest absolute Gasteiger partial charge is 0.208 e. The molecule has 0 saturated carbocycles. The molecule has 0 bridgehead atoms. The Hall–Kier alpha value is -9.05. The topological polar surface area (TPSA) is 38.7 Å². The Labute approximate surface area is 414 Å². The van der Waals surface area contributed by atoms with Crippen LogP contribution < -0.4 is 0 Å². The van der Waals surface area contributed by atoms with E-state index in [0.717, 1.165) is 33.4 Å². The fraction of sp³-hybridized carbons (Fsp3) is 0.0441. The standard InChI is InChI=1S/C68H47N3/c1-68(2)61-24-14-13-23-59(61)60-42-39-54(43-62(60)68)46-25-29-49(30-26-46)57-40-37-47-17-9-11-21-55(47)63(57)64-56-22-12-10-18-48(56)38-41-58(64)50-31-35-53(36-32-50)67-70-65(51-19-7-4-8-20-51)69-66(71-67)52-33-27-45(28-34-52)44-15-5-3-6-16-44/h3-43H,1-2H3. The minimum atomic E-state index is -0.0584. The Balaban J connectivity index is 0.910. The van der Waals surface area contributed by atoms with Crippen molar-refractivity contribution in [3.05, 3.63) is 260 Å². The molecule has 1 heterocycles. The maximum absolute atomic E-state index is 5.12. The van der Waals surface area contributed by atoms with Gasteiger partial charge in [0.15, 0.2) is 17.5 Å². The molecule has 334 valence electrons. The van der Waals surface area contributed by atoms with Crippen LogP contribution in [0.5, 0.6) is 0 Å². The minimum absolute atomic E-state index is 0.0584. The molecule has 11 aromatic carbocycles. The van der Waals surface area contributed by atoms with Crippen molar-refractivity contribution in [3.63, 3.8) is 0 Å². The van der Waals surface area contributed by atoms with Crippen LogP contribution in [0.15, 0.2) is 249 Å². The molecular formula is C68H47N3. The monoisotopic (exact) mass is 905 g/mol. The first kappa shape index (κ1) is 42.1. The first-order valence-corrected chi connectivity index (χ1v) is 24.4. The van der Waals surface area contributed by atoms with E-state index in [2.05, 4.69) is 238 Å². The number of rotatable bonds is 8. The highest BCUT2D eigenvalue weighted by molar-refractivity contribution is 6.15. The van der Waals surface area contributed by atoms with Gasteiger partial charge in [-0.25, -0.2) is 15.0 Å². The van der Waals surface area contributed by atoms with Gasteiger partial charge in [-0.05, 0) is 105 Å². The van der Waals surface area contributed by atoms with Crippen LogP contribution in [0, 0.1) is 0 Å². The molecule has 1 aromatic heterocycles. The lowest BCUT2D eigenvalue weighted by Gasteiger charge is -2.22. The second kappa shape index (κ2) is 17.2. The minimum Gasteiger partial charge on any atom is -0.208 e. The maximum Gasteiger partial charge on any atom is 0.164 e. The number of aromatic nitrogens is 3. The van der Waals surface area contributed by atoms with Crippen molar-refractivity contribution in [2.45, 2.75) is 19.3 Å². The molecule has 1 aliphatic carbocycles. The lowest BCUT2D eigenvalue weighted by Crippen LogP contribution is -2.14. The van der Waals surface area contributed by atoms with Crippen LogP contribution >= 0.6 is 0 Å². The second-order valence-electron chi connectivity index (χ2n) is 19.1. The first-order valence-electron chi connectivity index (χ1n) is 24.4. The summed E-state index contributed by atoms with van der Waals surface area (Å²) in [7, 11) is 0. The van der Waals surface area contributed by atoms with Gasteiger partial charge < -0.3 is 0 Å². The van der Waals surface area contributed by atoms with Crippen molar-refractivity contribution in [2.75, 3.05) is 0 Å². The SMILES string of the molecule is CC1(C)c2ccccc2-c2ccc(-c3ccc(-c4ccc5ccccc5c4-c4c(-c5ccc(-c6nc(-c7ccccc7)nc(-c7ccc(-c8ccccc8)cc7)n6)cc5)ccc5ccccc45)cc3)cc21. The van der Waals surface area contributed by atoms with Gasteiger partial charge in [-0.1, -0.05) is 257 Å². The molecule has 0 saturated heterocycles. The van der Waals surface area contributed by atoms with Crippen molar-refractivity contribution in [1.82, 2.24) is 15.0 Å². The van der Waals surface area contributed by atoms with E-state index in [0.29, 0.717) is 17.5 Å². The molecule has 12 aromatic rings. The zero-order chi connectivity index (χ0) is 47.5. The third-order valence-corrected chi connectivity index (χ3v) is 14.6. The fourth-order valence-electron chi connectivity index (χ4n) is 10.9. The van der Waals surface area contributed by atoms with Gasteiger partial charge >= 0.3 is 0 Å². The summed E-state index contributed by atoms with van der Waals surface area (Å²) in [6.45, 7) is 4.70. The first-order chi connectivity index (χ1) is 34.9. The van der Waals surface area contributed by atoms with E-state index in [1.165, 1.54) is 82.7 Å². The molecule has 71 heavy (non-hydrogen) atoms. The van der Waals surface area contributed by atoms with Gasteiger partial charge in [0.05, 0.1) is 0 Å². The Kier molecular flexibility index (Phi) is 10.2. The van der Waals surface area contributed by atoms with Crippen LogP contribution in [0.1, 0.15) is 25.0 Å². The van der Waals surface area contributed by atoms with E-state index in [-0.39, 0.29) is 5.41 Å². The Morgan fingerprint density at radius 3 is 1.14 bits per heavy atom. The van der Waals surface area contributed by atoms with Crippen molar-refractivity contribution >= 4 is 21.5 Å². The average molecular weight is 906 g/mol. The highest BCUT2D eigenvalue weighted by atomic mass is 15.0. The molecule has 13 rings (SSSR count). The summed E-state index contributed by atoms with van der Waals surface area (Å²) >= 11 is 0. The average Bonchev–Trinajstić information content (AvgIpc) is 3.68. The summed E-state index contributed by atoms with van der Waals surface area (Å²) in [6.07, 6.45) is 0. The molecular weight excluding hydrogens is 859 g/mol. The molecule has 0 radical (unpaired) electrons. The molecule has 0 N–H and O–H groups in total. The smallest absolute Gasteiger partial charge is 0.164 e. The molecule has 0 unspecified atom stereocenters.